The van der Waals surface area contributed by atoms with E-state index in [0.717, 1.165) is 28.0 Å². The Hall–Kier alpha value is -2.38. The molecule has 0 spiro atoms. The highest BCUT2D eigenvalue weighted by Gasteiger charge is 2.12. The quantitative estimate of drug-likeness (QED) is 0.489. The third kappa shape index (κ3) is 4.12. The van der Waals surface area contributed by atoms with Crippen LogP contribution in [0.15, 0.2) is 53.1 Å². The molecular weight excluding hydrogens is 314 g/mol. The van der Waals surface area contributed by atoms with Crippen molar-refractivity contribution in [2.75, 3.05) is 4.90 Å². The van der Waals surface area contributed by atoms with Crippen molar-refractivity contribution in [2.45, 2.75) is 34.1 Å². The van der Waals surface area contributed by atoms with Gasteiger partial charge in [0.1, 0.15) is 5.84 Å². The number of nitriles is 1. The summed E-state index contributed by atoms with van der Waals surface area (Å²) in [4.78, 5) is 6.68. The summed E-state index contributed by atoms with van der Waals surface area (Å²) < 4.78 is 1.11. The van der Waals surface area contributed by atoms with Crippen LogP contribution in [0.1, 0.15) is 39.7 Å². The van der Waals surface area contributed by atoms with Crippen molar-refractivity contribution in [2.24, 2.45) is 10.9 Å². The first-order chi connectivity index (χ1) is 11.6. The SMILES string of the molecule is C/C=C\N(C(C)=N/C=C\C(C)CC)c1csc2cc(C#N)ccc12. The van der Waals surface area contributed by atoms with Gasteiger partial charge in [-0.2, -0.15) is 5.26 Å². The number of nitrogens with zero attached hydrogens (tertiary/aromatic N) is 3. The number of fused-ring (bicyclic) bond motifs is 1. The molecule has 1 unspecified atom stereocenters. The van der Waals surface area contributed by atoms with Gasteiger partial charge in [-0.25, -0.2) is 4.99 Å². The zero-order valence-corrected chi connectivity index (χ0v) is 15.5. The van der Waals surface area contributed by atoms with Gasteiger partial charge in [-0.15, -0.1) is 11.3 Å². The number of benzene rings is 1. The molecule has 0 amide bonds. The Morgan fingerprint density at radius 3 is 2.92 bits per heavy atom. The van der Waals surface area contributed by atoms with E-state index >= 15 is 0 Å². The zero-order chi connectivity index (χ0) is 17.5. The minimum absolute atomic E-state index is 0.531. The van der Waals surface area contributed by atoms with Gasteiger partial charge in [0, 0.05) is 27.9 Å². The lowest BCUT2D eigenvalue weighted by Crippen LogP contribution is -2.21. The van der Waals surface area contributed by atoms with Crippen LogP contribution in [-0.2, 0) is 0 Å². The molecule has 0 saturated heterocycles. The molecule has 1 aromatic heterocycles. The molecule has 1 aromatic carbocycles. The van der Waals surface area contributed by atoms with E-state index in [1.807, 2.05) is 50.5 Å². The molecule has 0 N–H and O–H groups in total. The maximum absolute atomic E-state index is 9.05. The van der Waals surface area contributed by atoms with E-state index in [4.69, 9.17) is 5.26 Å². The van der Waals surface area contributed by atoms with Gasteiger partial charge in [0.05, 0.1) is 17.3 Å². The second-order valence-electron chi connectivity index (χ2n) is 5.70. The maximum Gasteiger partial charge on any atom is 0.109 e. The fraction of sp³-hybridized carbons (Fsp3) is 0.300. The Morgan fingerprint density at radius 2 is 2.25 bits per heavy atom. The first kappa shape index (κ1) is 18.0. The molecule has 0 saturated carbocycles. The molecule has 3 nitrogen and oxygen atoms in total. The normalized spacial score (nSPS) is 13.7. The predicted molar refractivity (Wildman–Crippen MR) is 106 cm³/mol. The number of rotatable bonds is 5. The molecule has 2 aromatic rings. The predicted octanol–water partition coefficient (Wildman–Crippen LogP) is 6.09. The smallest absolute Gasteiger partial charge is 0.109 e. The Bertz CT molecular complexity index is 821. The number of hydrogen-bond acceptors (Lipinski definition) is 3. The van der Waals surface area contributed by atoms with Gasteiger partial charge in [-0.3, -0.25) is 0 Å². The van der Waals surface area contributed by atoms with Crippen molar-refractivity contribution in [3.8, 4) is 6.07 Å². The number of amidine groups is 1. The van der Waals surface area contributed by atoms with Gasteiger partial charge in [0.2, 0.25) is 0 Å². The van der Waals surface area contributed by atoms with Gasteiger partial charge in [0.15, 0.2) is 0 Å². The molecule has 0 fully saturated rings. The van der Waals surface area contributed by atoms with Crippen molar-refractivity contribution in [3.05, 3.63) is 53.7 Å². The van der Waals surface area contributed by atoms with E-state index in [2.05, 4.69) is 41.3 Å². The zero-order valence-electron chi connectivity index (χ0n) is 14.7. The largest absolute Gasteiger partial charge is 0.304 e. The number of thiophene rings is 1. The lowest BCUT2D eigenvalue weighted by atomic mass is 10.1. The third-order valence-electron chi connectivity index (χ3n) is 3.91. The summed E-state index contributed by atoms with van der Waals surface area (Å²) in [5.74, 6) is 1.44. The summed E-state index contributed by atoms with van der Waals surface area (Å²) in [5, 5.41) is 12.3. The molecule has 0 bridgehead atoms. The van der Waals surface area contributed by atoms with Gasteiger partial charge >= 0.3 is 0 Å². The van der Waals surface area contributed by atoms with Crippen LogP contribution in [0.25, 0.3) is 10.1 Å². The Labute approximate surface area is 148 Å². The van der Waals surface area contributed by atoms with Gasteiger partial charge in [-0.05, 0) is 31.9 Å². The van der Waals surface area contributed by atoms with Crippen LogP contribution in [0.4, 0.5) is 5.69 Å². The van der Waals surface area contributed by atoms with E-state index in [9.17, 15) is 0 Å². The summed E-state index contributed by atoms with van der Waals surface area (Å²) >= 11 is 1.65. The van der Waals surface area contributed by atoms with Crippen molar-refractivity contribution in [1.29, 1.82) is 5.26 Å². The summed E-state index contributed by atoms with van der Waals surface area (Å²) in [6.45, 7) is 8.36. The molecule has 1 heterocycles. The fourth-order valence-corrected chi connectivity index (χ4v) is 3.25. The summed E-state index contributed by atoms with van der Waals surface area (Å²) in [7, 11) is 0. The van der Waals surface area contributed by atoms with Crippen LogP contribution in [-0.4, -0.2) is 5.84 Å². The molecule has 4 heteroatoms. The standard InChI is InChI=1S/C20H23N3S/c1-5-11-23(16(4)22-10-9-15(3)6-2)19-14-24-20-12-17(13-21)7-8-18(19)20/h5,7-12,14-15H,6H2,1-4H3/b10-9-,11-5-,22-16?. The van der Waals surface area contributed by atoms with E-state index in [0.29, 0.717) is 11.5 Å². The molecule has 0 radical (unpaired) electrons. The second kappa shape index (κ2) is 8.47. The van der Waals surface area contributed by atoms with Crippen LogP contribution >= 0.6 is 11.3 Å². The average molecular weight is 337 g/mol. The molecule has 0 aliphatic rings. The van der Waals surface area contributed by atoms with Crippen LogP contribution in [0.5, 0.6) is 0 Å². The number of anilines is 1. The van der Waals surface area contributed by atoms with Crippen molar-refractivity contribution >= 4 is 32.9 Å². The number of hydrogen-bond donors (Lipinski definition) is 0. The van der Waals surface area contributed by atoms with Crippen molar-refractivity contribution < 1.29 is 0 Å². The number of aliphatic imine (C=N–C) groups is 1. The maximum atomic E-state index is 9.05. The summed E-state index contributed by atoms with van der Waals surface area (Å²) in [6, 6.07) is 8.01. The van der Waals surface area contributed by atoms with E-state index in [1.54, 1.807) is 11.3 Å². The summed E-state index contributed by atoms with van der Waals surface area (Å²) in [6.07, 6.45) is 9.16. The minimum Gasteiger partial charge on any atom is -0.304 e. The average Bonchev–Trinajstić information content (AvgIpc) is 3.01. The van der Waals surface area contributed by atoms with E-state index in [-0.39, 0.29) is 0 Å². The Balaban J connectivity index is 2.39. The minimum atomic E-state index is 0.531. The van der Waals surface area contributed by atoms with Crippen LogP contribution < -0.4 is 4.90 Å². The molecule has 1 atom stereocenters. The third-order valence-corrected chi connectivity index (χ3v) is 4.84. The highest BCUT2D eigenvalue weighted by atomic mass is 32.1. The van der Waals surface area contributed by atoms with Crippen LogP contribution in [0, 0.1) is 17.2 Å². The Morgan fingerprint density at radius 1 is 1.46 bits per heavy atom. The summed E-state index contributed by atoms with van der Waals surface area (Å²) in [5.41, 5.74) is 1.78. The lowest BCUT2D eigenvalue weighted by molar-refractivity contribution is 0.697. The number of allylic oxidation sites excluding steroid dienone is 2. The monoisotopic (exact) mass is 337 g/mol. The van der Waals surface area contributed by atoms with Gasteiger partial charge < -0.3 is 4.90 Å². The van der Waals surface area contributed by atoms with Crippen LogP contribution in [0.3, 0.4) is 0 Å². The first-order valence-electron chi connectivity index (χ1n) is 8.15. The lowest BCUT2D eigenvalue weighted by Gasteiger charge is -2.19. The van der Waals surface area contributed by atoms with E-state index in [1.165, 1.54) is 0 Å². The van der Waals surface area contributed by atoms with Gasteiger partial charge in [-0.1, -0.05) is 38.5 Å². The highest BCUT2D eigenvalue weighted by molar-refractivity contribution is 7.17. The van der Waals surface area contributed by atoms with Crippen molar-refractivity contribution in [3.63, 3.8) is 0 Å². The van der Waals surface area contributed by atoms with Crippen LogP contribution in [0.2, 0.25) is 0 Å². The molecule has 0 aliphatic heterocycles. The molecule has 124 valence electrons. The molecular formula is C20H23N3S. The topological polar surface area (TPSA) is 39.4 Å². The highest BCUT2D eigenvalue weighted by Crippen LogP contribution is 2.34. The molecule has 0 aliphatic carbocycles. The van der Waals surface area contributed by atoms with Crippen molar-refractivity contribution in [1.82, 2.24) is 0 Å². The second-order valence-corrected chi connectivity index (χ2v) is 6.61. The van der Waals surface area contributed by atoms with E-state index < -0.39 is 0 Å². The fourth-order valence-electron chi connectivity index (χ4n) is 2.28. The van der Waals surface area contributed by atoms with Gasteiger partial charge in [0.25, 0.3) is 0 Å². The molecule has 24 heavy (non-hydrogen) atoms. The molecule has 2 rings (SSSR count). The first-order valence-corrected chi connectivity index (χ1v) is 9.03. The Kier molecular flexibility index (Phi) is 6.34.